The van der Waals surface area contributed by atoms with E-state index in [0.29, 0.717) is 18.6 Å². The van der Waals surface area contributed by atoms with Crippen LogP contribution >= 0.6 is 24.0 Å². The van der Waals surface area contributed by atoms with Crippen LogP contribution in [0.2, 0.25) is 0 Å². The van der Waals surface area contributed by atoms with E-state index in [2.05, 4.69) is 56.1 Å². The first-order chi connectivity index (χ1) is 14.7. The molecule has 170 valence electrons. The quantitative estimate of drug-likeness (QED) is 0.336. The third-order valence-electron chi connectivity index (χ3n) is 6.43. The van der Waals surface area contributed by atoms with Crippen LogP contribution in [0.5, 0.6) is 0 Å². The highest BCUT2D eigenvalue weighted by atomic mass is 127. The first-order valence-corrected chi connectivity index (χ1v) is 11.4. The molecule has 2 heterocycles. The lowest BCUT2D eigenvalue weighted by atomic mass is 10.0. The first kappa shape index (κ1) is 24.0. The maximum absolute atomic E-state index is 4.87. The molecule has 0 spiro atoms. The van der Waals surface area contributed by atoms with E-state index in [1.54, 1.807) is 0 Å². The molecule has 0 bridgehead atoms. The van der Waals surface area contributed by atoms with Crippen molar-refractivity contribution in [2.75, 3.05) is 13.1 Å². The molecule has 0 radical (unpaired) electrons. The van der Waals surface area contributed by atoms with Gasteiger partial charge in [0.05, 0.1) is 0 Å². The van der Waals surface area contributed by atoms with Crippen molar-refractivity contribution in [3.05, 3.63) is 47.5 Å². The molecule has 4 rings (SSSR count). The number of hydrogen-bond donors (Lipinski definition) is 2. The molecule has 1 saturated heterocycles. The zero-order valence-electron chi connectivity index (χ0n) is 18.8. The minimum Gasteiger partial charge on any atom is -0.354 e. The number of piperidine rings is 1. The summed E-state index contributed by atoms with van der Waals surface area (Å²) in [6.07, 6.45) is 7.37. The Kier molecular flexibility index (Phi) is 9.13. The van der Waals surface area contributed by atoms with Crippen molar-refractivity contribution < 1.29 is 0 Å². The second kappa shape index (κ2) is 11.8. The Labute approximate surface area is 203 Å². The predicted octanol–water partition coefficient (Wildman–Crippen LogP) is 3.38. The number of guanidine groups is 1. The van der Waals surface area contributed by atoms with E-state index < -0.39 is 0 Å². The van der Waals surface area contributed by atoms with E-state index in [0.717, 1.165) is 50.1 Å². The maximum atomic E-state index is 4.87. The van der Waals surface area contributed by atoms with Gasteiger partial charge in [-0.15, -0.1) is 34.2 Å². The zero-order valence-corrected chi connectivity index (χ0v) is 21.1. The predicted molar refractivity (Wildman–Crippen MR) is 136 cm³/mol. The van der Waals surface area contributed by atoms with Crippen LogP contribution in [0.4, 0.5) is 0 Å². The van der Waals surface area contributed by atoms with Crippen molar-refractivity contribution in [3.8, 4) is 0 Å². The highest BCUT2D eigenvalue weighted by Gasteiger charge is 2.22. The van der Waals surface area contributed by atoms with Crippen molar-refractivity contribution in [1.82, 2.24) is 30.3 Å². The van der Waals surface area contributed by atoms with Crippen LogP contribution in [0.3, 0.4) is 0 Å². The van der Waals surface area contributed by atoms with Crippen LogP contribution in [0, 0.1) is 6.92 Å². The number of aryl methyl sites for hydroxylation is 1. The monoisotopic (exact) mass is 537 g/mol. The SMILES string of the molecule is Cc1nnc(CN=C(NC2CCCC2)NC2CCN(Cc3ccccc3)CC2)n1C.I. The lowest BCUT2D eigenvalue weighted by molar-refractivity contribution is 0.198. The second-order valence-corrected chi connectivity index (χ2v) is 8.69. The maximum Gasteiger partial charge on any atom is 0.192 e. The van der Waals surface area contributed by atoms with Crippen LogP contribution in [-0.4, -0.2) is 50.8 Å². The fourth-order valence-electron chi connectivity index (χ4n) is 4.41. The molecule has 0 unspecified atom stereocenters. The molecule has 1 aromatic carbocycles. The van der Waals surface area contributed by atoms with Gasteiger partial charge in [0.2, 0.25) is 0 Å². The number of benzene rings is 1. The number of likely N-dealkylation sites (tertiary alicyclic amines) is 1. The zero-order chi connectivity index (χ0) is 20.8. The van der Waals surface area contributed by atoms with Crippen LogP contribution in [0.1, 0.15) is 55.7 Å². The average Bonchev–Trinajstić information content (AvgIpc) is 3.39. The van der Waals surface area contributed by atoms with Crippen molar-refractivity contribution in [1.29, 1.82) is 0 Å². The summed E-state index contributed by atoms with van der Waals surface area (Å²) in [6.45, 7) is 5.80. The highest BCUT2D eigenvalue weighted by molar-refractivity contribution is 14.0. The van der Waals surface area contributed by atoms with Gasteiger partial charge in [0.25, 0.3) is 0 Å². The number of aromatic nitrogens is 3. The third kappa shape index (κ3) is 6.90. The smallest absolute Gasteiger partial charge is 0.192 e. The first-order valence-electron chi connectivity index (χ1n) is 11.4. The van der Waals surface area contributed by atoms with E-state index in [9.17, 15) is 0 Å². The topological polar surface area (TPSA) is 70.4 Å². The molecule has 0 amide bonds. The van der Waals surface area contributed by atoms with Gasteiger partial charge in [-0.05, 0) is 38.2 Å². The number of nitrogens with one attached hydrogen (secondary N) is 2. The fraction of sp³-hybridized carbons (Fsp3) is 0.609. The van der Waals surface area contributed by atoms with Gasteiger partial charge in [-0.3, -0.25) is 4.90 Å². The van der Waals surface area contributed by atoms with Crippen molar-refractivity contribution in [2.45, 2.75) is 70.6 Å². The molecule has 1 aliphatic heterocycles. The van der Waals surface area contributed by atoms with Crippen molar-refractivity contribution in [3.63, 3.8) is 0 Å². The van der Waals surface area contributed by atoms with Gasteiger partial charge in [-0.25, -0.2) is 4.99 Å². The lowest BCUT2D eigenvalue weighted by Gasteiger charge is -2.33. The number of hydrogen-bond acceptors (Lipinski definition) is 4. The molecule has 2 aromatic rings. The van der Waals surface area contributed by atoms with Crippen LogP contribution in [0.25, 0.3) is 0 Å². The number of halogens is 1. The standard InChI is InChI=1S/C23H35N7.HI/c1-18-27-28-22(29(18)2)16-24-23(25-20-10-6-7-11-20)26-21-12-14-30(15-13-21)17-19-8-4-3-5-9-19;/h3-5,8-9,20-21H,6-7,10-17H2,1-2H3,(H2,24,25,26);1H. The molecule has 1 aromatic heterocycles. The molecule has 2 N–H and O–H groups in total. The Bertz CT molecular complexity index is 822. The van der Waals surface area contributed by atoms with Crippen LogP contribution < -0.4 is 10.6 Å². The summed E-state index contributed by atoms with van der Waals surface area (Å²) >= 11 is 0. The van der Waals surface area contributed by atoms with E-state index in [1.807, 2.05) is 18.5 Å². The molecular weight excluding hydrogens is 501 g/mol. The molecule has 2 aliphatic rings. The Morgan fingerprint density at radius 3 is 2.26 bits per heavy atom. The van der Waals surface area contributed by atoms with Gasteiger partial charge in [0.15, 0.2) is 11.8 Å². The largest absolute Gasteiger partial charge is 0.354 e. The van der Waals surface area contributed by atoms with Gasteiger partial charge < -0.3 is 15.2 Å². The van der Waals surface area contributed by atoms with Crippen LogP contribution in [-0.2, 0) is 20.1 Å². The van der Waals surface area contributed by atoms with E-state index in [4.69, 9.17) is 4.99 Å². The summed E-state index contributed by atoms with van der Waals surface area (Å²) in [5.41, 5.74) is 1.40. The minimum absolute atomic E-state index is 0. The van der Waals surface area contributed by atoms with Gasteiger partial charge >= 0.3 is 0 Å². The molecule has 0 atom stereocenters. The molecular formula is C23H36IN7. The molecule has 7 nitrogen and oxygen atoms in total. The normalized spacial score (nSPS) is 18.7. The fourth-order valence-corrected chi connectivity index (χ4v) is 4.41. The Hall–Kier alpha value is -1.68. The summed E-state index contributed by atoms with van der Waals surface area (Å²) in [7, 11) is 2.00. The van der Waals surface area contributed by atoms with Gasteiger partial charge in [-0.2, -0.15) is 0 Å². The molecule has 31 heavy (non-hydrogen) atoms. The van der Waals surface area contributed by atoms with Crippen LogP contribution in [0.15, 0.2) is 35.3 Å². The van der Waals surface area contributed by atoms with Crippen molar-refractivity contribution in [2.24, 2.45) is 12.0 Å². The minimum atomic E-state index is 0. The molecule has 1 aliphatic carbocycles. The number of rotatable bonds is 6. The highest BCUT2D eigenvalue weighted by Crippen LogP contribution is 2.18. The molecule has 2 fully saturated rings. The van der Waals surface area contributed by atoms with Crippen molar-refractivity contribution >= 4 is 29.9 Å². The summed E-state index contributed by atoms with van der Waals surface area (Å²) in [5.74, 6) is 2.76. The lowest BCUT2D eigenvalue weighted by Crippen LogP contribution is -2.50. The number of aliphatic imine (C=N–C) groups is 1. The number of nitrogens with zero attached hydrogens (tertiary/aromatic N) is 5. The Balaban J connectivity index is 0.00000272. The molecule has 1 saturated carbocycles. The van der Waals surface area contributed by atoms with E-state index in [1.165, 1.54) is 31.2 Å². The summed E-state index contributed by atoms with van der Waals surface area (Å²) in [6, 6.07) is 11.8. The Morgan fingerprint density at radius 2 is 1.65 bits per heavy atom. The summed E-state index contributed by atoms with van der Waals surface area (Å²) < 4.78 is 2.01. The molecule has 8 heteroatoms. The summed E-state index contributed by atoms with van der Waals surface area (Å²) in [5, 5.41) is 15.8. The third-order valence-corrected chi connectivity index (χ3v) is 6.43. The van der Waals surface area contributed by atoms with E-state index >= 15 is 0 Å². The average molecular weight is 537 g/mol. The van der Waals surface area contributed by atoms with Gasteiger partial charge in [0.1, 0.15) is 12.4 Å². The summed E-state index contributed by atoms with van der Waals surface area (Å²) in [4.78, 5) is 7.42. The van der Waals surface area contributed by atoms with Gasteiger partial charge in [0, 0.05) is 38.8 Å². The second-order valence-electron chi connectivity index (χ2n) is 8.69. The Morgan fingerprint density at radius 1 is 1.00 bits per heavy atom. The van der Waals surface area contributed by atoms with E-state index in [-0.39, 0.29) is 24.0 Å². The van der Waals surface area contributed by atoms with Gasteiger partial charge in [-0.1, -0.05) is 43.2 Å².